The smallest absolute Gasteiger partial charge is 0.307 e. The van der Waals surface area contributed by atoms with Crippen LogP contribution in [-0.4, -0.2) is 31.2 Å². The lowest BCUT2D eigenvalue weighted by Gasteiger charge is -2.32. The van der Waals surface area contributed by atoms with Crippen LogP contribution in [0.5, 0.6) is 11.5 Å². The van der Waals surface area contributed by atoms with Crippen molar-refractivity contribution < 1.29 is 28.6 Å². The highest BCUT2D eigenvalue weighted by atomic mass is 16.5. The first-order chi connectivity index (χ1) is 13.5. The molecule has 1 heterocycles. The molecule has 0 bridgehead atoms. The first-order valence-electron chi connectivity index (χ1n) is 9.33. The van der Waals surface area contributed by atoms with Gasteiger partial charge in [-0.3, -0.25) is 9.59 Å². The maximum absolute atomic E-state index is 13.4. The van der Waals surface area contributed by atoms with Gasteiger partial charge in [-0.25, -0.2) is 0 Å². The van der Waals surface area contributed by atoms with Crippen molar-refractivity contribution in [3.05, 3.63) is 42.4 Å². The second-order valence-corrected chi connectivity index (χ2v) is 6.88. The molecule has 0 radical (unpaired) electrons. The van der Waals surface area contributed by atoms with E-state index in [-0.39, 0.29) is 12.5 Å². The number of hydrogen-bond acceptors (Lipinski definition) is 5. The summed E-state index contributed by atoms with van der Waals surface area (Å²) < 4.78 is 16.1. The van der Waals surface area contributed by atoms with Gasteiger partial charge >= 0.3 is 5.97 Å². The van der Waals surface area contributed by atoms with E-state index in [9.17, 15) is 14.7 Å². The highest BCUT2D eigenvalue weighted by Gasteiger charge is 2.38. The SMILES string of the molecule is COc1ccc(N(Cc2ccco2)C(=O)C2CCCCC2C(=O)O)cc1OC. The van der Waals surface area contributed by atoms with Crippen molar-refractivity contribution in [1.82, 2.24) is 0 Å². The minimum Gasteiger partial charge on any atom is -0.493 e. The quantitative estimate of drug-likeness (QED) is 0.779. The molecule has 1 amide bonds. The van der Waals surface area contributed by atoms with Crippen molar-refractivity contribution in [2.45, 2.75) is 32.2 Å². The summed E-state index contributed by atoms with van der Waals surface area (Å²) in [5.41, 5.74) is 0.605. The van der Waals surface area contributed by atoms with Gasteiger partial charge in [0.2, 0.25) is 5.91 Å². The van der Waals surface area contributed by atoms with Gasteiger partial charge < -0.3 is 23.9 Å². The molecule has 3 rings (SSSR count). The third-order valence-electron chi connectivity index (χ3n) is 5.24. The number of aliphatic carboxylic acids is 1. The molecule has 2 unspecified atom stereocenters. The average Bonchev–Trinajstić information content (AvgIpc) is 3.24. The van der Waals surface area contributed by atoms with E-state index in [0.29, 0.717) is 35.8 Å². The number of carboxylic acids is 1. The van der Waals surface area contributed by atoms with Crippen molar-refractivity contribution in [3.8, 4) is 11.5 Å². The first-order valence-corrected chi connectivity index (χ1v) is 9.33. The van der Waals surface area contributed by atoms with Gasteiger partial charge in [-0.15, -0.1) is 0 Å². The Hall–Kier alpha value is -2.96. The summed E-state index contributed by atoms with van der Waals surface area (Å²) in [4.78, 5) is 26.7. The maximum Gasteiger partial charge on any atom is 0.307 e. The van der Waals surface area contributed by atoms with Crippen LogP contribution in [0.3, 0.4) is 0 Å². The number of carbonyl (C=O) groups excluding carboxylic acids is 1. The Morgan fingerprint density at radius 3 is 2.43 bits per heavy atom. The van der Waals surface area contributed by atoms with Crippen LogP contribution < -0.4 is 14.4 Å². The Bertz CT molecular complexity index is 816. The van der Waals surface area contributed by atoms with Gasteiger partial charge in [-0.1, -0.05) is 12.8 Å². The summed E-state index contributed by atoms with van der Waals surface area (Å²) in [7, 11) is 3.07. The molecule has 7 nitrogen and oxygen atoms in total. The zero-order valence-corrected chi connectivity index (χ0v) is 16.1. The minimum atomic E-state index is -0.914. The molecule has 2 atom stereocenters. The van der Waals surface area contributed by atoms with Crippen LogP contribution in [0.15, 0.2) is 41.0 Å². The van der Waals surface area contributed by atoms with Crippen molar-refractivity contribution in [2.24, 2.45) is 11.8 Å². The topological polar surface area (TPSA) is 89.2 Å². The van der Waals surface area contributed by atoms with Crippen LogP contribution in [0, 0.1) is 11.8 Å². The molecule has 1 aliphatic rings. The predicted octanol–water partition coefficient (Wildman–Crippen LogP) is 3.72. The first kappa shape index (κ1) is 19.8. The number of ether oxygens (including phenoxy) is 2. The summed E-state index contributed by atoms with van der Waals surface area (Å²) in [5.74, 6) is -0.687. The molecule has 1 N–H and O–H groups in total. The Morgan fingerprint density at radius 1 is 1.11 bits per heavy atom. The summed E-state index contributed by atoms with van der Waals surface area (Å²) in [6, 6.07) is 8.76. The van der Waals surface area contributed by atoms with E-state index >= 15 is 0 Å². The third-order valence-corrected chi connectivity index (χ3v) is 5.24. The molecule has 28 heavy (non-hydrogen) atoms. The van der Waals surface area contributed by atoms with E-state index in [1.807, 2.05) is 0 Å². The van der Waals surface area contributed by atoms with Gasteiger partial charge in [0.25, 0.3) is 0 Å². The largest absolute Gasteiger partial charge is 0.493 e. The highest BCUT2D eigenvalue weighted by Crippen LogP contribution is 2.36. The van der Waals surface area contributed by atoms with Gasteiger partial charge in [-0.05, 0) is 37.1 Å². The van der Waals surface area contributed by atoms with Crippen LogP contribution in [0.25, 0.3) is 0 Å². The van der Waals surface area contributed by atoms with Crippen LogP contribution >= 0.6 is 0 Å². The normalized spacial score (nSPS) is 19.1. The minimum absolute atomic E-state index is 0.212. The fourth-order valence-electron chi connectivity index (χ4n) is 3.77. The van der Waals surface area contributed by atoms with Crippen molar-refractivity contribution >= 4 is 17.6 Å². The molecule has 2 aromatic rings. The van der Waals surface area contributed by atoms with Crippen LogP contribution in [0.4, 0.5) is 5.69 Å². The molecular weight excluding hydrogens is 362 g/mol. The van der Waals surface area contributed by atoms with Crippen LogP contribution in [0.1, 0.15) is 31.4 Å². The number of nitrogens with zero attached hydrogens (tertiary/aromatic N) is 1. The van der Waals surface area contributed by atoms with E-state index in [2.05, 4.69) is 0 Å². The lowest BCUT2D eigenvalue weighted by molar-refractivity contribution is -0.148. The Morgan fingerprint density at radius 2 is 1.82 bits per heavy atom. The van der Waals surface area contributed by atoms with Crippen molar-refractivity contribution in [1.29, 1.82) is 0 Å². The molecule has 1 aromatic carbocycles. The predicted molar refractivity (Wildman–Crippen MR) is 103 cm³/mol. The molecular formula is C21H25NO6. The number of carboxylic acid groups (broad SMARTS) is 1. The number of hydrogen-bond donors (Lipinski definition) is 1. The molecule has 0 spiro atoms. The van der Waals surface area contributed by atoms with Crippen LogP contribution in [-0.2, 0) is 16.1 Å². The number of rotatable bonds is 7. The Kier molecular flexibility index (Phi) is 6.23. The van der Waals surface area contributed by atoms with Crippen molar-refractivity contribution in [3.63, 3.8) is 0 Å². The van der Waals surface area contributed by atoms with E-state index in [4.69, 9.17) is 13.9 Å². The number of furan rings is 1. The second kappa shape index (κ2) is 8.82. The van der Waals surface area contributed by atoms with Crippen LogP contribution in [0.2, 0.25) is 0 Å². The Labute approximate surface area is 163 Å². The molecule has 1 saturated carbocycles. The average molecular weight is 387 g/mol. The fraction of sp³-hybridized carbons (Fsp3) is 0.429. The number of benzene rings is 1. The van der Waals surface area contributed by atoms with Crippen molar-refractivity contribution in [2.75, 3.05) is 19.1 Å². The molecule has 7 heteroatoms. The third kappa shape index (κ3) is 4.13. The maximum atomic E-state index is 13.4. The standard InChI is InChI=1S/C21H25NO6/c1-26-18-10-9-14(12-19(18)27-2)22(13-15-6-5-11-28-15)20(23)16-7-3-4-8-17(16)21(24)25/h5-6,9-12,16-17H,3-4,7-8,13H2,1-2H3,(H,24,25). The molecule has 1 fully saturated rings. The monoisotopic (exact) mass is 387 g/mol. The van der Waals surface area contributed by atoms with Gasteiger partial charge in [-0.2, -0.15) is 0 Å². The summed E-state index contributed by atoms with van der Waals surface area (Å²) in [6.45, 7) is 0.212. The Balaban J connectivity index is 1.97. The number of amides is 1. The van der Waals surface area contributed by atoms with Gasteiger partial charge in [0.1, 0.15) is 5.76 Å². The van der Waals surface area contributed by atoms with Gasteiger partial charge in [0.15, 0.2) is 11.5 Å². The summed E-state index contributed by atoms with van der Waals surface area (Å²) in [5, 5.41) is 9.59. The van der Waals surface area contributed by atoms with Gasteiger partial charge in [0.05, 0.1) is 38.9 Å². The molecule has 1 aliphatic carbocycles. The second-order valence-electron chi connectivity index (χ2n) is 6.88. The van der Waals surface area contributed by atoms with E-state index in [1.165, 1.54) is 7.11 Å². The van der Waals surface area contributed by atoms with E-state index < -0.39 is 17.8 Å². The molecule has 0 aliphatic heterocycles. The highest BCUT2D eigenvalue weighted by molar-refractivity contribution is 5.97. The number of anilines is 1. The van der Waals surface area contributed by atoms with E-state index in [0.717, 1.165) is 12.8 Å². The summed E-state index contributed by atoms with van der Waals surface area (Å²) in [6.07, 6.45) is 4.31. The molecule has 0 saturated heterocycles. The lowest BCUT2D eigenvalue weighted by Crippen LogP contribution is -2.42. The van der Waals surface area contributed by atoms with Gasteiger partial charge in [0, 0.05) is 11.8 Å². The lowest BCUT2D eigenvalue weighted by atomic mass is 9.78. The van der Waals surface area contributed by atoms with E-state index in [1.54, 1.807) is 48.6 Å². The summed E-state index contributed by atoms with van der Waals surface area (Å²) >= 11 is 0. The zero-order valence-electron chi connectivity index (χ0n) is 16.1. The molecule has 150 valence electrons. The number of methoxy groups -OCH3 is 2. The number of carbonyl (C=O) groups is 2. The zero-order chi connectivity index (χ0) is 20.1. The fourth-order valence-corrected chi connectivity index (χ4v) is 3.77. The molecule has 1 aromatic heterocycles.